The number of benzene rings is 1. The number of nitrogens with zero attached hydrogens (tertiary/aromatic N) is 2. The van der Waals surface area contributed by atoms with Crippen molar-refractivity contribution in [3.8, 4) is 0 Å². The largest absolute Gasteiger partial charge is 0.364 e. The molecule has 0 radical (unpaired) electrons. The van der Waals surface area contributed by atoms with Crippen LogP contribution in [0.15, 0.2) is 48.7 Å². The second-order valence-electron chi connectivity index (χ2n) is 7.31. The Morgan fingerprint density at radius 3 is 2.29 bits per heavy atom. The second-order valence-corrected chi connectivity index (χ2v) is 7.31. The van der Waals surface area contributed by atoms with E-state index in [9.17, 15) is 4.79 Å². The van der Waals surface area contributed by atoms with E-state index in [-0.39, 0.29) is 11.4 Å². The van der Waals surface area contributed by atoms with Gasteiger partial charge < -0.3 is 10.2 Å². The van der Waals surface area contributed by atoms with E-state index in [4.69, 9.17) is 0 Å². The molecule has 0 saturated heterocycles. The van der Waals surface area contributed by atoms with Crippen LogP contribution in [0.5, 0.6) is 0 Å². The molecule has 0 unspecified atom stereocenters. The lowest BCUT2D eigenvalue weighted by Gasteiger charge is -2.29. The molecule has 24 heavy (non-hydrogen) atoms. The molecule has 128 valence electrons. The van der Waals surface area contributed by atoms with Crippen molar-refractivity contribution >= 4 is 11.6 Å². The molecule has 0 aliphatic rings. The van der Waals surface area contributed by atoms with Gasteiger partial charge in [-0.3, -0.25) is 4.79 Å². The number of carbonyl (C=O) groups excluding carboxylic acids is 1. The first-order chi connectivity index (χ1) is 11.3. The van der Waals surface area contributed by atoms with Gasteiger partial charge in [0.1, 0.15) is 5.69 Å². The molecular formula is C20H27N3O. The van der Waals surface area contributed by atoms with Crippen LogP contribution in [0.25, 0.3) is 0 Å². The van der Waals surface area contributed by atoms with Crippen molar-refractivity contribution in [1.29, 1.82) is 0 Å². The summed E-state index contributed by atoms with van der Waals surface area (Å²) in [6.07, 6.45) is 1.78. The number of rotatable bonds is 5. The summed E-state index contributed by atoms with van der Waals surface area (Å²) in [6.45, 7) is 11.0. The smallest absolute Gasteiger partial charge is 0.270 e. The average Bonchev–Trinajstić information content (AvgIpc) is 2.52. The second kappa shape index (κ2) is 7.47. The van der Waals surface area contributed by atoms with E-state index < -0.39 is 0 Å². The van der Waals surface area contributed by atoms with Crippen molar-refractivity contribution in [3.05, 3.63) is 59.9 Å². The Bertz CT molecular complexity index is 658. The third-order valence-corrected chi connectivity index (χ3v) is 3.62. The molecule has 1 heterocycles. The van der Waals surface area contributed by atoms with E-state index >= 15 is 0 Å². The number of hydrogen-bond acceptors (Lipinski definition) is 3. The summed E-state index contributed by atoms with van der Waals surface area (Å²) in [7, 11) is 0. The Kier molecular flexibility index (Phi) is 5.60. The topological polar surface area (TPSA) is 45.2 Å². The van der Waals surface area contributed by atoms with Crippen LogP contribution in [-0.2, 0) is 6.54 Å². The summed E-state index contributed by atoms with van der Waals surface area (Å²) in [5.41, 5.74) is 2.44. The van der Waals surface area contributed by atoms with Gasteiger partial charge in [0.05, 0.1) is 11.9 Å². The van der Waals surface area contributed by atoms with Gasteiger partial charge in [0.15, 0.2) is 0 Å². The summed E-state index contributed by atoms with van der Waals surface area (Å²) in [6, 6.07) is 14.4. The van der Waals surface area contributed by atoms with Crippen LogP contribution in [0.2, 0.25) is 0 Å². The minimum absolute atomic E-state index is 0.145. The van der Waals surface area contributed by atoms with Crippen LogP contribution in [-0.4, -0.2) is 22.5 Å². The van der Waals surface area contributed by atoms with Gasteiger partial charge in [0.25, 0.3) is 5.91 Å². The van der Waals surface area contributed by atoms with Gasteiger partial charge >= 0.3 is 0 Å². The number of pyridine rings is 1. The van der Waals surface area contributed by atoms with Crippen molar-refractivity contribution < 1.29 is 4.79 Å². The highest BCUT2D eigenvalue weighted by molar-refractivity contribution is 5.92. The molecule has 0 aliphatic heterocycles. The minimum atomic E-state index is -0.269. The summed E-state index contributed by atoms with van der Waals surface area (Å²) >= 11 is 0. The van der Waals surface area contributed by atoms with Crippen LogP contribution in [0.4, 0.5) is 5.69 Å². The molecule has 2 aromatic rings. The highest BCUT2D eigenvalue weighted by Crippen LogP contribution is 2.19. The molecule has 2 rings (SSSR count). The zero-order valence-corrected chi connectivity index (χ0v) is 15.2. The summed E-state index contributed by atoms with van der Waals surface area (Å²) < 4.78 is 0. The van der Waals surface area contributed by atoms with Crippen molar-refractivity contribution in [2.45, 2.75) is 52.7 Å². The predicted octanol–water partition coefficient (Wildman–Crippen LogP) is 4.02. The van der Waals surface area contributed by atoms with Gasteiger partial charge in [-0.05, 0) is 52.3 Å². The van der Waals surface area contributed by atoms with Crippen molar-refractivity contribution in [3.63, 3.8) is 0 Å². The Morgan fingerprint density at radius 2 is 1.79 bits per heavy atom. The van der Waals surface area contributed by atoms with Crippen LogP contribution in [0, 0.1) is 0 Å². The molecule has 1 amide bonds. The first-order valence-corrected chi connectivity index (χ1v) is 8.35. The monoisotopic (exact) mass is 325 g/mol. The quantitative estimate of drug-likeness (QED) is 0.903. The van der Waals surface area contributed by atoms with E-state index in [1.807, 2.05) is 45.0 Å². The number of anilines is 1. The number of amides is 1. The lowest BCUT2D eigenvalue weighted by atomic mass is 10.1. The fourth-order valence-electron chi connectivity index (χ4n) is 2.45. The first-order valence-electron chi connectivity index (χ1n) is 8.35. The van der Waals surface area contributed by atoms with E-state index in [2.05, 4.69) is 41.2 Å². The summed E-state index contributed by atoms with van der Waals surface area (Å²) in [5, 5.41) is 2.93. The van der Waals surface area contributed by atoms with Gasteiger partial charge in [0, 0.05) is 18.1 Å². The normalized spacial score (nSPS) is 11.4. The molecule has 0 fully saturated rings. The predicted molar refractivity (Wildman–Crippen MR) is 99.2 cm³/mol. The lowest BCUT2D eigenvalue weighted by Crippen LogP contribution is -2.41. The maximum atomic E-state index is 12.2. The minimum Gasteiger partial charge on any atom is -0.364 e. The Morgan fingerprint density at radius 1 is 1.12 bits per heavy atom. The number of nitrogens with one attached hydrogen (secondary N) is 1. The third kappa shape index (κ3) is 5.08. The Labute approximate surface area is 144 Å². The van der Waals surface area contributed by atoms with Gasteiger partial charge in [0.2, 0.25) is 0 Å². The van der Waals surface area contributed by atoms with Crippen LogP contribution < -0.4 is 10.2 Å². The van der Waals surface area contributed by atoms with Gasteiger partial charge in [-0.25, -0.2) is 4.98 Å². The molecule has 0 saturated carbocycles. The lowest BCUT2D eigenvalue weighted by molar-refractivity contribution is 0.0914. The Balaban J connectivity index is 2.16. The molecule has 0 atom stereocenters. The van der Waals surface area contributed by atoms with Gasteiger partial charge in [-0.2, -0.15) is 0 Å². The number of aromatic nitrogens is 1. The van der Waals surface area contributed by atoms with Gasteiger partial charge in [-0.1, -0.05) is 30.3 Å². The highest BCUT2D eigenvalue weighted by Gasteiger charge is 2.17. The third-order valence-electron chi connectivity index (χ3n) is 3.62. The summed E-state index contributed by atoms with van der Waals surface area (Å²) in [4.78, 5) is 18.8. The van der Waals surface area contributed by atoms with Gasteiger partial charge in [-0.15, -0.1) is 0 Å². The van der Waals surface area contributed by atoms with Crippen LogP contribution in [0.3, 0.4) is 0 Å². The molecule has 1 N–H and O–H groups in total. The molecule has 1 aromatic heterocycles. The van der Waals surface area contributed by atoms with E-state index in [0.29, 0.717) is 11.7 Å². The fraction of sp³-hybridized carbons (Fsp3) is 0.400. The molecular weight excluding hydrogens is 298 g/mol. The van der Waals surface area contributed by atoms with E-state index in [1.54, 1.807) is 12.3 Å². The molecule has 0 spiro atoms. The van der Waals surface area contributed by atoms with Crippen LogP contribution >= 0.6 is 0 Å². The fourth-order valence-corrected chi connectivity index (χ4v) is 2.45. The molecule has 4 heteroatoms. The SMILES string of the molecule is CC(C)N(Cc1ccccc1)c1ccc(C(=O)NC(C)(C)C)nc1. The Hall–Kier alpha value is -2.36. The maximum absolute atomic E-state index is 12.2. The van der Waals surface area contributed by atoms with E-state index in [0.717, 1.165) is 12.2 Å². The average molecular weight is 325 g/mol. The molecule has 1 aromatic carbocycles. The molecule has 0 bridgehead atoms. The van der Waals surface area contributed by atoms with Crippen molar-refractivity contribution in [2.75, 3.05) is 4.90 Å². The highest BCUT2D eigenvalue weighted by atomic mass is 16.2. The maximum Gasteiger partial charge on any atom is 0.270 e. The van der Waals surface area contributed by atoms with Crippen LogP contribution in [0.1, 0.15) is 50.7 Å². The standard InChI is InChI=1S/C20H27N3O/c1-15(2)23(14-16-9-7-6-8-10-16)17-11-12-18(21-13-17)19(24)22-20(3,4)5/h6-13,15H,14H2,1-5H3,(H,22,24). The molecule has 4 nitrogen and oxygen atoms in total. The zero-order chi connectivity index (χ0) is 17.7. The van der Waals surface area contributed by atoms with Crippen molar-refractivity contribution in [2.24, 2.45) is 0 Å². The van der Waals surface area contributed by atoms with E-state index in [1.165, 1.54) is 5.56 Å². The number of hydrogen-bond donors (Lipinski definition) is 1. The molecule has 0 aliphatic carbocycles. The zero-order valence-electron chi connectivity index (χ0n) is 15.2. The number of carbonyl (C=O) groups is 1. The summed E-state index contributed by atoms with van der Waals surface area (Å²) in [5.74, 6) is -0.145. The van der Waals surface area contributed by atoms with Crippen molar-refractivity contribution in [1.82, 2.24) is 10.3 Å². The first kappa shape index (κ1) is 18.0.